The van der Waals surface area contributed by atoms with Crippen LogP contribution in [0.1, 0.15) is 42.2 Å². The molecule has 0 aliphatic rings. The van der Waals surface area contributed by atoms with Crippen LogP contribution < -0.4 is 11.1 Å². The zero-order chi connectivity index (χ0) is 15.2. The van der Waals surface area contributed by atoms with Crippen molar-refractivity contribution < 1.29 is 0 Å². The SMILES string of the molecule is CCC(C)c1ccc(NC(N)=NCc2sccc2C)cc1.I. The highest BCUT2D eigenvalue weighted by molar-refractivity contribution is 14.0. The van der Waals surface area contributed by atoms with Crippen LogP contribution in [0, 0.1) is 6.92 Å². The molecule has 2 aromatic rings. The number of hydrogen-bond donors (Lipinski definition) is 2. The van der Waals surface area contributed by atoms with E-state index >= 15 is 0 Å². The molecule has 3 N–H and O–H groups in total. The van der Waals surface area contributed by atoms with Gasteiger partial charge in [0, 0.05) is 10.6 Å². The van der Waals surface area contributed by atoms with Crippen molar-refractivity contribution in [1.82, 2.24) is 0 Å². The van der Waals surface area contributed by atoms with E-state index in [1.165, 1.54) is 16.0 Å². The summed E-state index contributed by atoms with van der Waals surface area (Å²) < 4.78 is 0. The van der Waals surface area contributed by atoms with Crippen molar-refractivity contribution in [3.8, 4) is 0 Å². The molecular formula is C17H24IN3S. The summed E-state index contributed by atoms with van der Waals surface area (Å²) in [7, 11) is 0. The molecule has 1 unspecified atom stereocenters. The molecule has 22 heavy (non-hydrogen) atoms. The third-order valence-electron chi connectivity index (χ3n) is 3.73. The number of nitrogens with zero attached hydrogens (tertiary/aromatic N) is 1. The molecule has 0 bridgehead atoms. The van der Waals surface area contributed by atoms with E-state index in [-0.39, 0.29) is 24.0 Å². The predicted molar refractivity (Wildman–Crippen MR) is 109 cm³/mol. The summed E-state index contributed by atoms with van der Waals surface area (Å²) in [5, 5.41) is 5.22. The van der Waals surface area contributed by atoms with Gasteiger partial charge in [0.05, 0.1) is 6.54 Å². The number of nitrogens with two attached hydrogens (primary N) is 1. The van der Waals surface area contributed by atoms with Gasteiger partial charge in [0.1, 0.15) is 0 Å². The van der Waals surface area contributed by atoms with Crippen molar-refractivity contribution in [1.29, 1.82) is 0 Å². The smallest absolute Gasteiger partial charge is 0.193 e. The van der Waals surface area contributed by atoms with Gasteiger partial charge in [-0.25, -0.2) is 4.99 Å². The summed E-state index contributed by atoms with van der Waals surface area (Å²) in [5.41, 5.74) is 9.54. The lowest BCUT2D eigenvalue weighted by Crippen LogP contribution is -2.22. The van der Waals surface area contributed by atoms with Gasteiger partial charge in [-0.1, -0.05) is 26.0 Å². The Hall–Kier alpha value is -1.08. The quantitative estimate of drug-likeness (QED) is 0.394. The van der Waals surface area contributed by atoms with Gasteiger partial charge in [-0.05, 0) is 54.0 Å². The van der Waals surface area contributed by atoms with E-state index in [0.29, 0.717) is 18.4 Å². The van der Waals surface area contributed by atoms with Crippen molar-refractivity contribution in [2.24, 2.45) is 10.7 Å². The van der Waals surface area contributed by atoms with Crippen molar-refractivity contribution in [3.05, 3.63) is 51.7 Å². The third kappa shape index (κ3) is 5.28. The number of guanidine groups is 1. The first-order valence-corrected chi connectivity index (χ1v) is 8.18. The number of benzene rings is 1. The second kappa shape index (κ2) is 9.15. The van der Waals surface area contributed by atoms with Gasteiger partial charge >= 0.3 is 0 Å². The molecule has 0 saturated heterocycles. The molecule has 0 aliphatic heterocycles. The number of aryl methyl sites for hydroxylation is 1. The van der Waals surface area contributed by atoms with Crippen LogP contribution in [-0.4, -0.2) is 5.96 Å². The second-order valence-electron chi connectivity index (χ2n) is 5.28. The standard InChI is InChI=1S/C17H23N3S.HI/c1-4-12(2)14-5-7-15(8-6-14)20-17(18)19-11-16-13(3)9-10-21-16;/h5-10,12H,4,11H2,1-3H3,(H3,18,19,20);1H. The average Bonchev–Trinajstić information content (AvgIpc) is 2.90. The van der Waals surface area contributed by atoms with Gasteiger partial charge in [-0.15, -0.1) is 35.3 Å². The molecule has 1 aromatic carbocycles. The van der Waals surface area contributed by atoms with Crippen molar-refractivity contribution in [2.75, 3.05) is 5.32 Å². The lowest BCUT2D eigenvalue weighted by molar-refractivity contribution is 0.734. The van der Waals surface area contributed by atoms with Gasteiger partial charge < -0.3 is 11.1 Å². The van der Waals surface area contributed by atoms with Gasteiger partial charge in [0.2, 0.25) is 0 Å². The summed E-state index contributed by atoms with van der Waals surface area (Å²) in [4.78, 5) is 5.65. The lowest BCUT2D eigenvalue weighted by Gasteiger charge is -2.10. The van der Waals surface area contributed by atoms with Crippen LogP contribution in [0.2, 0.25) is 0 Å². The highest BCUT2D eigenvalue weighted by Gasteiger charge is 2.03. The molecule has 0 spiro atoms. The largest absolute Gasteiger partial charge is 0.370 e. The van der Waals surface area contributed by atoms with E-state index in [1.807, 2.05) is 0 Å². The Bertz CT molecular complexity index is 605. The maximum Gasteiger partial charge on any atom is 0.193 e. The first-order chi connectivity index (χ1) is 10.1. The minimum Gasteiger partial charge on any atom is -0.370 e. The summed E-state index contributed by atoms with van der Waals surface area (Å²) in [6.45, 7) is 7.17. The molecule has 120 valence electrons. The van der Waals surface area contributed by atoms with Crippen molar-refractivity contribution >= 4 is 47.0 Å². The minimum absolute atomic E-state index is 0. The maximum atomic E-state index is 5.94. The first-order valence-electron chi connectivity index (χ1n) is 7.30. The number of hydrogen-bond acceptors (Lipinski definition) is 2. The van der Waals surface area contributed by atoms with Crippen LogP contribution in [0.15, 0.2) is 40.7 Å². The van der Waals surface area contributed by atoms with Crippen LogP contribution >= 0.6 is 35.3 Å². The third-order valence-corrected chi connectivity index (χ3v) is 4.73. The molecule has 5 heteroatoms. The molecular weight excluding hydrogens is 405 g/mol. The number of aliphatic imine (C=N–C) groups is 1. The average molecular weight is 429 g/mol. The van der Waals surface area contributed by atoms with E-state index in [1.54, 1.807) is 11.3 Å². The van der Waals surface area contributed by atoms with E-state index in [4.69, 9.17) is 5.73 Å². The number of nitrogens with one attached hydrogen (secondary N) is 1. The van der Waals surface area contributed by atoms with E-state index in [9.17, 15) is 0 Å². The van der Waals surface area contributed by atoms with Crippen molar-refractivity contribution in [3.63, 3.8) is 0 Å². The number of halogens is 1. The molecule has 0 fully saturated rings. The Balaban J connectivity index is 0.00000242. The van der Waals surface area contributed by atoms with E-state index in [2.05, 4.69) is 66.8 Å². The zero-order valence-corrected chi connectivity index (χ0v) is 16.4. The van der Waals surface area contributed by atoms with E-state index < -0.39 is 0 Å². The molecule has 3 nitrogen and oxygen atoms in total. The van der Waals surface area contributed by atoms with Gasteiger partial charge in [0.15, 0.2) is 5.96 Å². The fourth-order valence-corrected chi connectivity index (χ4v) is 2.87. The molecule has 1 heterocycles. The van der Waals surface area contributed by atoms with Crippen molar-refractivity contribution in [2.45, 2.75) is 39.7 Å². The number of thiophene rings is 1. The minimum atomic E-state index is 0. The van der Waals surface area contributed by atoms with Gasteiger partial charge in [-0.2, -0.15) is 0 Å². The zero-order valence-electron chi connectivity index (χ0n) is 13.3. The fraction of sp³-hybridized carbons (Fsp3) is 0.353. The van der Waals surface area contributed by atoms with Crippen LogP contribution in [0.4, 0.5) is 5.69 Å². The van der Waals surface area contributed by atoms with Crippen LogP contribution in [0.5, 0.6) is 0 Å². The lowest BCUT2D eigenvalue weighted by atomic mass is 9.99. The Labute approximate surface area is 154 Å². The molecule has 0 aliphatic carbocycles. The second-order valence-corrected chi connectivity index (χ2v) is 6.29. The normalized spacial score (nSPS) is 12.6. The Morgan fingerprint density at radius 3 is 2.50 bits per heavy atom. The topological polar surface area (TPSA) is 50.4 Å². The van der Waals surface area contributed by atoms with Crippen LogP contribution in [0.25, 0.3) is 0 Å². The number of anilines is 1. The van der Waals surface area contributed by atoms with Crippen LogP contribution in [-0.2, 0) is 6.54 Å². The van der Waals surface area contributed by atoms with Gasteiger partial charge in [0.25, 0.3) is 0 Å². The number of rotatable bonds is 5. The Morgan fingerprint density at radius 1 is 1.27 bits per heavy atom. The summed E-state index contributed by atoms with van der Waals surface area (Å²) in [5.74, 6) is 1.05. The highest BCUT2D eigenvalue weighted by Crippen LogP contribution is 2.20. The molecule has 0 saturated carbocycles. The molecule has 0 radical (unpaired) electrons. The van der Waals surface area contributed by atoms with Gasteiger partial charge in [-0.3, -0.25) is 0 Å². The van der Waals surface area contributed by atoms with E-state index in [0.717, 1.165) is 12.1 Å². The fourth-order valence-electron chi connectivity index (χ4n) is 2.04. The molecule has 2 rings (SSSR count). The molecule has 1 atom stereocenters. The molecule has 0 amide bonds. The summed E-state index contributed by atoms with van der Waals surface area (Å²) in [6, 6.07) is 10.5. The molecule has 1 aromatic heterocycles. The summed E-state index contributed by atoms with van der Waals surface area (Å²) >= 11 is 1.72. The first kappa shape index (κ1) is 19.0. The predicted octanol–water partition coefficient (Wildman–Crippen LogP) is 5.11. The maximum absolute atomic E-state index is 5.94. The Kier molecular flexibility index (Phi) is 7.89. The highest BCUT2D eigenvalue weighted by atomic mass is 127. The Morgan fingerprint density at radius 2 is 1.95 bits per heavy atom. The monoisotopic (exact) mass is 429 g/mol. The summed E-state index contributed by atoms with van der Waals surface area (Å²) in [6.07, 6.45) is 1.15. The van der Waals surface area contributed by atoms with Crippen LogP contribution in [0.3, 0.4) is 0 Å².